The lowest BCUT2D eigenvalue weighted by molar-refractivity contribution is -0.397. The Hall–Kier alpha value is -2.18. The summed E-state index contributed by atoms with van der Waals surface area (Å²) in [5, 5.41) is 100. The average molecular weight is 1040 g/mol. The topological polar surface area (TPSA) is 293 Å². The number of aliphatic hydroxyl groups is 9. The Balaban J connectivity index is 0.889. The quantitative estimate of drug-likeness (QED) is 0.0541. The van der Waals surface area contributed by atoms with Crippen molar-refractivity contribution in [3.8, 4) is 0 Å². The number of aliphatic hydroxyl groups excluding tert-OH is 9. The lowest BCUT2D eigenvalue weighted by Crippen LogP contribution is -2.67. The summed E-state index contributed by atoms with van der Waals surface area (Å²) < 4.78 is 42.3. The number of carbonyl (C=O) groups excluding carboxylic acids is 2. The van der Waals surface area contributed by atoms with Crippen LogP contribution in [0.3, 0.4) is 0 Å². The molecule has 9 fully saturated rings. The average Bonchev–Trinajstić information content (AvgIpc) is 3.85. The molecule has 0 radical (unpaired) electrons. The van der Waals surface area contributed by atoms with E-state index < -0.39 is 129 Å². The summed E-state index contributed by atoms with van der Waals surface area (Å²) in [6, 6.07) is -0.651. The van der Waals surface area contributed by atoms with Crippen LogP contribution in [0.1, 0.15) is 120 Å². The van der Waals surface area contributed by atoms with E-state index in [2.05, 4.69) is 46.0 Å². The molecule has 0 bridgehead atoms. The van der Waals surface area contributed by atoms with Crippen molar-refractivity contribution in [2.24, 2.45) is 56.7 Å². The summed E-state index contributed by atoms with van der Waals surface area (Å²) in [5.74, 6) is 0.848. The van der Waals surface area contributed by atoms with Gasteiger partial charge >= 0.3 is 5.97 Å². The maximum Gasteiger partial charge on any atom is 0.329 e. The van der Waals surface area contributed by atoms with Crippen LogP contribution in [0.5, 0.6) is 0 Å². The largest absolute Gasteiger partial charge is 0.461 e. The summed E-state index contributed by atoms with van der Waals surface area (Å²) in [7, 11) is 0. The van der Waals surface area contributed by atoms with Crippen LogP contribution in [0.25, 0.3) is 0 Å². The Morgan fingerprint density at radius 3 is 1.88 bits per heavy atom. The fourth-order valence-electron chi connectivity index (χ4n) is 16.6. The van der Waals surface area contributed by atoms with E-state index >= 15 is 0 Å². The molecule has 1 amide bonds. The van der Waals surface area contributed by atoms with E-state index in [-0.39, 0.29) is 45.5 Å². The molecule has 4 heterocycles. The van der Waals surface area contributed by atoms with E-state index in [0.717, 1.165) is 51.4 Å². The highest BCUT2D eigenvalue weighted by Gasteiger charge is 2.82. The Morgan fingerprint density at radius 1 is 0.685 bits per heavy atom. The summed E-state index contributed by atoms with van der Waals surface area (Å²) in [4.78, 5) is 25.4. The van der Waals surface area contributed by atoms with Crippen molar-refractivity contribution in [3.05, 3.63) is 23.8 Å². The SMILES string of the molecule is C/C(=C\C=C\[C@@H](C)[C@H]1CC[C@]2(C)[C@H]3CC[C@@H]4C(C)(C)[C@@H](O[C@H]5O[C@@H](CO)[C@H](O)[C@@H](O)[C@@H]5O[C@H]5O[C@@H](CO)[C@H](O)[C@@H](O)[C@@H]5O[C@H]5O[C@@H](C)[C@H](O)[C@@H](O)[C@@H]5O)CC[C@@]45C[C@@]35CC[C@]12C)C(=O)N[C@@H]1C(=O)O[C@H](C)[C@H]1C. The van der Waals surface area contributed by atoms with Gasteiger partial charge in [0.25, 0.3) is 0 Å². The number of cyclic esters (lactones) is 1. The molecule has 9 aliphatic rings. The van der Waals surface area contributed by atoms with Crippen LogP contribution in [0.4, 0.5) is 0 Å². The van der Waals surface area contributed by atoms with Gasteiger partial charge in [-0.05, 0) is 129 Å². The van der Waals surface area contributed by atoms with Crippen molar-refractivity contribution < 1.29 is 88.7 Å². The van der Waals surface area contributed by atoms with Gasteiger partial charge in [0.2, 0.25) is 5.91 Å². The number of hydrogen-bond donors (Lipinski definition) is 10. The van der Waals surface area contributed by atoms with E-state index in [1.54, 1.807) is 6.92 Å². The van der Waals surface area contributed by atoms with Gasteiger partial charge < -0.3 is 84.4 Å². The van der Waals surface area contributed by atoms with Crippen LogP contribution < -0.4 is 5.32 Å². The Morgan fingerprint density at radius 2 is 1.27 bits per heavy atom. The molecule has 5 aliphatic carbocycles. The van der Waals surface area contributed by atoms with E-state index in [1.165, 1.54) is 6.92 Å². The number of rotatable bonds is 13. The second kappa shape index (κ2) is 20.2. The molecule has 10 N–H and O–H groups in total. The van der Waals surface area contributed by atoms with Gasteiger partial charge in [-0.15, -0.1) is 0 Å². The minimum Gasteiger partial charge on any atom is -0.461 e. The van der Waals surface area contributed by atoms with Crippen molar-refractivity contribution >= 4 is 11.9 Å². The van der Waals surface area contributed by atoms with Crippen molar-refractivity contribution in [2.75, 3.05) is 13.2 Å². The van der Waals surface area contributed by atoms with Crippen LogP contribution in [-0.2, 0) is 42.7 Å². The zero-order valence-electron chi connectivity index (χ0n) is 44.0. The third-order valence-corrected chi connectivity index (χ3v) is 21.3. The number of hydrogen-bond acceptors (Lipinski definition) is 18. The Kier molecular flexibility index (Phi) is 15.4. The second-order valence-corrected chi connectivity index (χ2v) is 25.0. The van der Waals surface area contributed by atoms with Crippen LogP contribution in [0.15, 0.2) is 23.8 Å². The number of allylic oxidation sites excluding steroid dienone is 3. The van der Waals surface area contributed by atoms with E-state index in [0.29, 0.717) is 29.7 Å². The van der Waals surface area contributed by atoms with Crippen LogP contribution in [-0.4, -0.2) is 181 Å². The second-order valence-electron chi connectivity index (χ2n) is 25.0. The molecule has 4 saturated heterocycles. The Bertz CT molecular complexity index is 2090. The van der Waals surface area contributed by atoms with Crippen LogP contribution in [0, 0.1) is 56.7 Å². The third-order valence-electron chi connectivity index (χ3n) is 21.3. The van der Waals surface area contributed by atoms with Gasteiger partial charge in [0.05, 0.1) is 25.4 Å². The number of fused-ring (bicyclic) bond motifs is 2. The Labute approximate surface area is 428 Å². The first-order valence-electron chi connectivity index (χ1n) is 27.1. The molecule has 19 nitrogen and oxygen atoms in total. The van der Waals surface area contributed by atoms with Crippen molar-refractivity contribution in [1.82, 2.24) is 5.32 Å². The van der Waals surface area contributed by atoms with Crippen molar-refractivity contribution in [3.63, 3.8) is 0 Å². The smallest absolute Gasteiger partial charge is 0.329 e. The summed E-state index contributed by atoms with van der Waals surface area (Å²) in [6.07, 6.45) is -8.66. The molecule has 9 rings (SSSR count). The van der Waals surface area contributed by atoms with E-state index in [4.69, 9.17) is 33.2 Å². The van der Waals surface area contributed by atoms with Crippen LogP contribution >= 0.6 is 0 Å². The van der Waals surface area contributed by atoms with Crippen LogP contribution in [0.2, 0.25) is 0 Å². The highest BCUT2D eigenvalue weighted by atomic mass is 16.8. The van der Waals surface area contributed by atoms with Gasteiger partial charge in [-0.1, -0.05) is 59.8 Å². The molecule has 4 aliphatic heterocycles. The number of ether oxygens (including phenoxy) is 7. The fourth-order valence-corrected chi connectivity index (χ4v) is 16.6. The lowest BCUT2D eigenvalue weighted by atomic mass is 9.42. The van der Waals surface area contributed by atoms with Gasteiger partial charge in [-0.3, -0.25) is 4.79 Å². The van der Waals surface area contributed by atoms with Gasteiger partial charge in [-0.25, -0.2) is 4.79 Å². The summed E-state index contributed by atoms with van der Waals surface area (Å²) >= 11 is 0. The van der Waals surface area contributed by atoms with E-state index in [9.17, 15) is 55.5 Å². The standard InChI is InChI=1S/C54H85NO18/c1-24(11-10-12-25(2)45(65)55-35-26(3)27(4)67-46(35)66)29-15-17-52(9)33-14-13-32-50(6,7)34(16-18-53(32)23-54(33,53)20-19-51(29,52)8)71-48-43(40(62)37(59)30(21-56)69-48)73-49-44(41(63)38(60)31(22-57)70-49)72-47-42(64)39(61)36(58)28(5)68-47/h10-12,24,26-44,47-49,56-64H,13-23H2,1-9H3,(H,55,65)/b11-10+,25-12+/t24-,26-,27-,28+,29-,30+,31+,32-,33-,34+,35+,36+,37+,38+,39-,40-,41-,42+,43+,44+,47-,48-,49-,51-,52-,53-,54+/m1/s1. The molecular weight excluding hydrogens is 951 g/mol. The molecule has 19 heteroatoms. The first kappa shape index (κ1) is 55.6. The lowest BCUT2D eigenvalue weighted by Gasteiger charge is -2.63. The maximum atomic E-state index is 13.1. The highest BCUT2D eigenvalue weighted by molar-refractivity contribution is 5.96. The van der Waals surface area contributed by atoms with Gasteiger partial charge in [0.1, 0.15) is 79.3 Å². The van der Waals surface area contributed by atoms with Crippen molar-refractivity contribution in [1.29, 1.82) is 0 Å². The molecule has 414 valence electrons. The molecule has 0 unspecified atom stereocenters. The first-order chi connectivity index (χ1) is 34.3. The number of esters is 1. The molecule has 73 heavy (non-hydrogen) atoms. The molecule has 5 saturated carbocycles. The third kappa shape index (κ3) is 8.91. The fraction of sp³-hybridized carbons (Fsp3) is 0.889. The van der Waals surface area contributed by atoms with Gasteiger partial charge in [-0.2, -0.15) is 0 Å². The van der Waals surface area contributed by atoms with Crippen molar-refractivity contribution in [2.45, 2.75) is 230 Å². The molecule has 0 aromatic carbocycles. The molecule has 2 spiro atoms. The summed E-state index contributed by atoms with van der Waals surface area (Å²) in [6.45, 7) is 17.4. The highest BCUT2D eigenvalue weighted by Crippen LogP contribution is 2.89. The molecular formula is C54H85NO18. The minimum atomic E-state index is -1.83. The zero-order valence-corrected chi connectivity index (χ0v) is 44.0. The maximum absolute atomic E-state index is 13.1. The van der Waals surface area contributed by atoms with Gasteiger partial charge in [0.15, 0.2) is 18.9 Å². The first-order valence-corrected chi connectivity index (χ1v) is 27.1. The predicted octanol–water partition coefficient (Wildman–Crippen LogP) is 1.49. The monoisotopic (exact) mass is 1040 g/mol. The van der Waals surface area contributed by atoms with E-state index in [1.807, 2.05) is 26.0 Å². The number of carbonyl (C=O) groups is 2. The van der Waals surface area contributed by atoms with Gasteiger partial charge in [0, 0.05) is 11.5 Å². The predicted molar refractivity (Wildman–Crippen MR) is 258 cm³/mol. The normalized spacial score (nSPS) is 52.9. The summed E-state index contributed by atoms with van der Waals surface area (Å²) in [5.41, 5.74) is 0.717. The molecule has 27 atom stereocenters. The molecule has 0 aromatic heterocycles. The molecule has 0 aromatic rings. The number of amides is 1. The zero-order chi connectivity index (χ0) is 53.1. The minimum absolute atomic E-state index is 0.104. The number of nitrogens with one attached hydrogen (secondary N) is 1.